The van der Waals surface area contributed by atoms with Crippen molar-refractivity contribution in [3.63, 3.8) is 0 Å². The number of hydrogen-bond donors (Lipinski definition) is 0. The number of rotatable bonds is 6. The van der Waals surface area contributed by atoms with Gasteiger partial charge in [0.2, 0.25) is 0 Å². The van der Waals surface area contributed by atoms with Gasteiger partial charge in [0, 0.05) is 6.07 Å². The highest BCUT2D eigenvalue weighted by atomic mass is 32.2. The van der Waals surface area contributed by atoms with Crippen molar-refractivity contribution in [3.05, 3.63) is 54.1 Å². The van der Waals surface area contributed by atoms with Crippen LogP contribution in [0.15, 0.2) is 53.4 Å². The number of carboxylic acids is 1. The lowest BCUT2D eigenvalue weighted by atomic mass is 10.2. The molecular formula is C16H16NO5S-. The van der Waals surface area contributed by atoms with E-state index >= 15 is 0 Å². The number of hydrogen-bond acceptors (Lipinski definition) is 5. The topological polar surface area (TPSA) is 86.7 Å². The fourth-order valence-electron chi connectivity index (χ4n) is 2.04. The summed E-state index contributed by atoms with van der Waals surface area (Å²) in [6.07, 6.45) is 0. The zero-order valence-electron chi connectivity index (χ0n) is 12.7. The third-order valence-electron chi connectivity index (χ3n) is 3.22. The van der Waals surface area contributed by atoms with Crippen LogP contribution < -0.4 is 14.1 Å². The van der Waals surface area contributed by atoms with Crippen molar-refractivity contribution in [1.29, 1.82) is 0 Å². The molecule has 0 aliphatic carbocycles. The summed E-state index contributed by atoms with van der Waals surface area (Å²) in [5, 5.41) is 11.0. The molecular weight excluding hydrogens is 318 g/mol. The van der Waals surface area contributed by atoms with Crippen LogP contribution in [0.5, 0.6) is 5.75 Å². The molecule has 0 bridgehead atoms. The zero-order chi connectivity index (χ0) is 17.0. The SMILES string of the molecule is COc1cccc(N(CC(=O)[O-])S(=O)(=O)c2ccc(C)cc2)c1. The second kappa shape index (κ2) is 6.70. The molecule has 0 amide bonds. The molecule has 0 atom stereocenters. The van der Waals surface area contributed by atoms with Crippen molar-refractivity contribution in [2.75, 3.05) is 18.0 Å². The van der Waals surface area contributed by atoms with Gasteiger partial charge < -0.3 is 14.6 Å². The molecule has 0 unspecified atom stereocenters. The summed E-state index contributed by atoms with van der Waals surface area (Å²) in [4.78, 5) is 11.0. The summed E-state index contributed by atoms with van der Waals surface area (Å²) in [7, 11) is -2.59. The minimum Gasteiger partial charge on any atom is -0.548 e. The predicted octanol–water partition coefficient (Wildman–Crippen LogP) is 0.949. The van der Waals surface area contributed by atoms with Gasteiger partial charge in [-0.3, -0.25) is 4.31 Å². The minimum atomic E-state index is -4.03. The van der Waals surface area contributed by atoms with Gasteiger partial charge in [-0.1, -0.05) is 23.8 Å². The van der Waals surface area contributed by atoms with E-state index < -0.39 is 22.5 Å². The van der Waals surface area contributed by atoms with Crippen LogP contribution in [0.3, 0.4) is 0 Å². The van der Waals surface area contributed by atoms with Gasteiger partial charge >= 0.3 is 0 Å². The number of anilines is 1. The number of aliphatic carboxylic acids is 1. The number of methoxy groups -OCH3 is 1. The number of nitrogens with zero attached hydrogens (tertiary/aromatic N) is 1. The minimum absolute atomic E-state index is 0.00664. The van der Waals surface area contributed by atoms with Crippen LogP contribution in [0.4, 0.5) is 5.69 Å². The summed E-state index contributed by atoms with van der Waals surface area (Å²) >= 11 is 0. The van der Waals surface area contributed by atoms with Crippen LogP contribution in [0.25, 0.3) is 0 Å². The lowest BCUT2D eigenvalue weighted by Crippen LogP contribution is -2.41. The van der Waals surface area contributed by atoms with Crippen molar-refractivity contribution in [2.24, 2.45) is 0 Å². The highest BCUT2D eigenvalue weighted by Crippen LogP contribution is 2.26. The lowest BCUT2D eigenvalue weighted by Gasteiger charge is -2.25. The third-order valence-corrected chi connectivity index (χ3v) is 5.01. The summed E-state index contributed by atoms with van der Waals surface area (Å²) in [6, 6.07) is 12.3. The Balaban J connectivity index is 2.52. The molecule has 0 spiro atoms. The predicted molar refractivity (Wildman–Crippen MR) is 83.7 cm³/mol. The van der Waals surface area contributed by atoms with Crippen molar-refractivity contribution < 1.29 is 23.1 Å². The molecule has 0 radical (unpaired) electrons. The monoisotopic (exact) mass is 334 g/mol. The number of aryl methyl sites for hydroxylation is 1. The molecule has 2 aromatic carbocycles. The molecule has 0 saturated carbocycles. The van der Waals surface area contributed by atoms with Crippen molar-refractivity contribution >= 4 is 21.7 Å². The Bertz CT molecular complexity index is 799. The van der Waals surface area contributed by atoms with E-state index in [9.17, 15) is 18.3 Å². The Morgan fingerprint density at radius 1 is 1.17 bits per heavy atom. The van der Waals surface area contributed by atoms with E-state index in [1.54, 1.807) is 24.3 Å². The molecule has 6 nitrogen and oxygen atoms in total. The van der Waals surface area contributed by atoms with Gasteiger partial charge in [-0.05, 0) is 31.2 Å². The van der Waals surface area contributed by atoms with Crippen LogP contribution in [0.2, 0.25) is 0 Å². The van der Waals surface area contributed by atoms with Crippen molar-refractivity contribution in [2.45, 2.75) is 11.8 Å². The first-order valence-corrected chi connectivity index (χ1v) is 8.22. The zero-order valence-corrected chi connectivity index (χ0v) is 13.5. The number of carbonyl (C=O) groups is 1. The normalized spacial score (nSPS) is 11.0. The van der Waals surface area contributed by atoms with Gasteiger partial charge in [0.15, 0.2) is 0 Å². The van der Waals surface area contributed by atoms with Gasteiger partial charge in [0.25, 0.3) is 10.0 Å². The quantitative estimate of drug-likeness (QED) is 0.785. The summed E-state index contributed by atoms with van der Waals surface area (Å²) in [5.41, 5.74) is 1.09. The molecule has 0 heterocycles. The molecule has 2 rings (SSSR count). The van der Waals surface area contributed by atoms with Gasteiger partial charge in [-0.15, -0.1) is 0 Å². The van der Waals surface area contributed by atoms with Crippen LogP contribution in [-0.4, -0.2) is 28.0 Å². The molecule has 23 heavy (non-hydrogen) atoms. The second-order valence-corrected chi connectivity index (χ2v) is 6.76. The van der Waals surface area contributed by atoms with Gasteiger partial charge in [-0.25, -0.2) is 8.42 Å². The highest BCUT2D eigenvalue weighted by molar-refractivity contribution is 7.92. The standard InChI is InChI=1S/C16H17NO5S/c1-12-6-8-15(9-7-12)23(20,21)17(11-16(18)19)13-4-3-5-14(10-13)22-2/h3-10H,11H2,1-2H3,(H,18,19)/p-1. The van der Waals surface area contributed by atoms with Crippen LogP contribution in [-0.2, 0) is 14.8 Å². The Kier molecular flexibility index (Phi) is 4.90. The molecule has 0 saturated heterocycles. The molecule has 0 fully saturated rings. The molecule has 122 valence electrons. The number of sulfonamides is 1. The van der Waals surface area contributed by atoms with E-state index in [4.69, 9.17) is 4.74 Å². The maximum absolute atomic E-state index is 12.8. The van der Waals surface area contributed by atoms with Crippen molar-refractivity contribution in [1.82, 2.24) is 0 Å². The molecule has 7 heteroatoms. The number of benzene rings is 2. The fraction of sp³-hybridized carbons (Fsp3) is 0.188. The largest absolute Gasteiger partial charge is 0.548 e. The molecule has 0 aliphatic heterocycles. The fourth-order valence-corrected chi connectivity index (χ4v) is 3.44. The molecule has 0 N–H and O–H groups in total. The second-order valence-electron chi connectivity index (χ2n) is 4.90. The van der Waals surface area contributed by atoms with E-state index in [1.165, 1.54) is 31.4 Å². The van der Waals surface area contributed by atoms with Gasteiger partial charge in [0.1, 0.15) is 5.75 Å². The van der Waals surface area contributed by atoms with E-state index in [2.05, 4.69) is 0 Å². The maximum Gasteiger partial charge on any atom is 0.264 e. The summed E-state index contributed by atoms with van der Waals surface area (Å²) in [5.74, 6) is -1.08. The maximum atomic E-state index is 12.8. The van der Waals surface area contributed by atoms with Crippen LogP contribution >= 0.6 is 0 Å². The Morgan fingerprint density at radius 3 is 2.39 bits per heavy atom. The van der Waals surface area contributed by atoms with E-state index in [1.807, 2.05) is 6.92 Å². The van der Waals surface area contributed by atoms with Crippen LogP contribution in [0.1, 0.15) is 5.56 Å². The smallest absolute Gasteiger partial charge is 0.264 e. The Morgan fingerprint density at radius 2 is 1.83 bits per heavy atom. The van der Waals surface area contributed by atoms with E-state index in [0.717, 1.165) is 9.87 Å². The average molecular weight is 334 g/mol. The average Bonchev–Trinajstić information content (AvgIpc) is 2.52. The first kappa shape index (κ1) is 16.8. The summed E-state index contributed by atoms with van der Waals surface area (Å²) in [6.45, 7) is 1.04. The number of carbonyl (C=O) groups excluding carboxylic acids is 1. The summed E-state index contributed by atoms with van der Waals surface area (Å²) < 4.78 is 31.4. The van der Waals surface area contributed by atoms with Crippen LogP contribution in [0, 0.1) is 6.92 Å². The first-order chi connectivity index (χ1) is 10.8. The Labute approximate surface area is 135 Å². The molecule has 0 aromatic heterocycles. The van der Waals surface area contributed by atoms with Gasteiger partial charge in [-0.2, -0.15) is 0 Å². The molecule has 2 aromatic rings. The Hall–Kier alpha value is -2.54. The highest BCUT2D eigenvalue weighted by Gasteiger charge is 2.25. The third kappa shape index (κ3) is 3.81. The van der Waals surface area contributed by atoms with Crippen molar-refractivity contribution in [3.8, 4) is 5.75 Å². The number of ether oxygens (including phenoxy) is 1. The number of carboxylic acid groups (broad SMARTS) is 1. The van der Waals surface area contributed by atoms with E-state index in [0.29, 0.717) is 5.75 Å². The lowest BCUT2D eigenvalue weighted by molar-refractivity contribution is -0.303. The van der Waals surface area contributed by atoms with Gasteiger partial charge in [0.05, 0.1) is 30.2 Å². The molecule has 0 aliphatic rings. The first-order valence-electron chi connectivity index (χ1n) is 6.78. The van der Waals surface area contributed by atoms with E-state index in [-0.39, 0.29) is 10.6 Å².